The molecule has 0 saturated carbocycles. The lowest BCUT2D eigenvalue weighted by molar-refractivity contribution is -0.115. The van der Waals surface area contributed by atoms with Gasteiger partial charge in [-0.05, 0) is 19.4 Å². The summed E-state index contributed by atoms with van der Waals surface area (Å²) in [6, 6.07) is 9.61. The van der Waals surface area contributed by atoms with Crippen molar-refractivity contribution in [3.05, 3.63) is 47.5 Å². The number of hydrogen-bond acceptors (Lipinski definition) is 7. The third-order valence-electron chi connectivity index (χ3n) is 4.31. The quantitative estimate of drug-likeness (QED) is 0.649. The normalized spacial score (nSPS) is 15.0. The number of ether oxygens (including phenoxy) is 4. The first-order chi connectivity index (χ1) is 12.6. The van der Waals surface area contributed by atoms with E-state index in [1.807, 2.05) is 44.2 Å². The van der Waals surface area contributed by atoms with Crippen LogP contribution < -0.4 is 5.43 Å². The zero-order chi connectivity index (χ0) is 19.1. The first kappa shape index (κ1) is 20.3. The minimum absolute atomic E-state index is 0.257. The maximum Gasteiger partial charge on any atom is 0.182 e. The number of aromatic nitrogens is 3. The molecule has 144 valence electrons. The Morgan fingerprint density at radius 1 is 0.808 bits per heavy atom. The highest BCUT2D eigenvalue weighted by Gasteiger charge is 2.28. The molecule has 0 spiro atoms. The Balaban J connectivity index is 2.48. The van der Waals surface area contributed by atoms with Crippen LogP contribution in [0, 0.1) is 0 Å². The van der Waals surface area contributed by atoms with E-state index in [0.29, 0.717) is 11.6 Å². The summed E-state index contributed by atoms with van der Waals surface area (Å²) < 4.78 is 23.7. The summed E-state index contributed by atoms with van der Waals surface area (Å²) in [5, 5.41) is 8.55. The summed E-state index contributed by atoms with van der Waals surface area (Å²) in [5.41, 5.74) is 4.43. The fraction of sp³-hybridized carbons (Fsp3) is 0.556. The average molecular weight is 364 g/mol. The molecule has 1 N–H and O–H groups in total. The molecule has 1 aromatic heterocycles. The van der Waals surface area contributed by atoms with Crippen molar-refractivity contribution in [3.8, 4) is 0 Å². The van der Waals surface area contributed by atoms with Crippen molar-refractivity contribution >= 4 is 0 Å². The van der Waals surface area contributed by atoms with E-state index in [0.717, 1.165) is 5.56 Å². The standard InChI is InChI=1S/C18H28N4O4/c1-12(23-3)16-19-20-17(13(2)24-4)22(16)21-15(18(25-5)26-6)14-10-8-7-9-11-14/h7-13,15,18,21H,1-6H3/t12-,13-,15+/m0/s1. The molecule has 0 bridgehead atoms. The molecule has 0 unspecified atom stereocenters. The summed E-state index contributed by atoms with van der Waals surface area (Å²) in [6.07, 6.45) is -1.03. The second-order valence-electron chi connectivity index (χ2n) is 5.86. The van der Waals surface area contributed by atoms with E-state index in [4.69, 9.17) is 18.9 Å². The van der Waals surface area contributed by atoms with Crippen LogP contribution >= 0.6 is 0 Å². The van der Waals surface area contributed by atoms with Crippen molar-refractivity contribution in [2.45, 2.75) is 38.4 Å². The van der Waals surface area contributed by atoms with Crippen molar-refractivity contribution in [2.75, 3.05) is 33.9 Å². The van der Waals surface area contributed by atoms with Gasteiger partial charge >= 0.3 is 0 Å². The minimum Gasteiger partial charge on any atom is -0.374 e. The first-order valence-electron chi connectivity index (χ1n) is 8.45. The van der Waals surface area contributed by atoms with Crippen LogP contribution in [-0.2, 0) is 18.9 Å². The van der Waals surface area contributed by atoms with Crippen LogP contribution in [0.1, 0.15) is 49.3 Å². The monoisotopic (exact) mass is 364 g/mol. The van der Waals surface area contributed by atoms with E-state index >= 15 is 0 Å². The van der Waals surface area contributed by atoms with Gasteiger partial charge in [0.05, 0.1) is 0 Å². The van der Waals surface area contributed by atoms with E-state index in [9.17, 15) is 0 Å². The second-order valence-corrected chi connectivity index (χ2v) is 5.86. The molecule has 0 aliphatic rings. The van der Waals surface area contributed by atoms with E-state index in [1.54, 1.807) is 33.1 Å². The topological polar surface area (TPSA) is 79.7 Å². The predicted octanol–water partition coefficient (Wildman–Crippen LogP) is 2.60. The molecule has 8 heteroatoms. The number of nitrogens with one attached hydrogen (secondary N) is 1. The summed E-state index contributed by atoms with van der Waals surface area (Å²) in [7, 11) is 6.47. The third-order valence-corrected chi connectivity index (χ3v) is 4.31. The Morgan fingerprint density at radius 2 is 1.31 bits per heavy atom. The fourth-order valence-electron chi connectivity index (χ4n) is 2.64. The van der Waals surface area contributed by atoms with E-state index in [2.05, 4.69) is 15.6 Å². The number of benzene rings is 1. The maximum absolute atomic E-state index is 5.52. The number of rotatable bonds is 10. The van der Waals surface area contributed by atoms with Crippen LogP contribution in [0.5, 0.6) is 0 Å². The van der Waals surface area contributed by atoms with Gasteiger partial charge in [0.15, 0.2) is 17.9 Å². The van der Waals surface area contributed by atoms with Gasteiger partial charge in [0.2, 0.25) is 0 Å². The molecule has 1 aromatic carbocycles. The van der Waals surface area contributed by atoms with Crippen LogP contribution in [0.4, 0.5) is 0 Å². The molecule has 3 atom stereocenters. The Kier molecular flexibility index (Phi) is 7.52. The highest BCUT2D eigenvalue weighted by atomic mass is 16.7. The van der Waals surface area contributed by atoms with Crippen LogP contribution in [0.2, 0.25) is 0 Å². The largest absolute Gasteiger partial charge is 0.374 e. The lowest BCUT2D eigenvalue weighted by Crippen LogP contribution is -2.35. The molecule has 1 heterocycles. The second kappa shape index (κ2) is 9.63. The molecule has 0 fully saturated rings. The van der Waals surface area contributed by atoms with E-state index in [1.165, 1.54) is 0 Å². The highest BCUT2D eigenvalue weighted by Crippen LogP contribution is 2.25. The van der Waals surface area contributed by atoms with Gasteiger partial charge in [-0.15, -0.1) is 10.2 Å². The minimum atomic E-state index is -0.517. The summed E-state index contributed by atoms with van der Waals surface area (Å²) in [5.74, 6) is 1.27. The molecule has 26 heavy (non-hydrogen) atoms. The zero-order valence-corrected chi connectivity index (χ0v) is 16.2. The van der Waals surface area contributed by atoms with Gasteiger partial charge in [0.1, 0.15) is 18.2 Å². The van der Waals surface area contributed by atoms with Gasteiger partial charge in [-0.25, -0.2) is 4.68 Å². The third kappa shape index (κ3) is 4.39. The summed E-state index contributed by atoms with van der Waals surface area (Å²) >= 11 is 0. The predicted molar refractivity (Wildman–Crippen MR) is 97.2 cm³/mol. The molecule has 2 rings (SSSR count). The molecular weight excluding hydrogens is 336 g/mol. The number of hydrogen-bond donors (Lipinski definition) is 1. The van der Waals surface area contributed by atoms with Gasteiger partial charge in [-0.2, -0.15) is 0 Å². The van der Waals surface area contributed by atoms with E-state index < -0.39 is 6.29 Å². The molecule has 0 aliphatic carbocycles. The molecule has 2 aromatic rings. The maximum atomic E-state index is 5.52. The Hall–Kier alpha value is -2.00. The van der Waals surface area contributed by atoms with Crippen LogP contribution in [-0.4, -0.2) is 49.6 Å². The van der Waals surface area contributed by atoms with Crippen molar-refractivity contribution in [3.63, 3.8) is 0 Å². The van der Waals surface area contributed by atoms with Crippen LogP contribution in [0.25, 0.3) is 0 Å². The summed E-state index contributed by atoms with van der Waals surface area (Å²) in [4.78, 5) is 0. The summed E-state index contributed by atoms with van der Waals surface area (Å²) in [6.45, 7) is 3.82. The Labute approximate surface area is 154 Å². The Bertz CT molecular complexity index is 633. The molecule has 0 saturated heterocycles. The van der Waals surface area contributed by atoms with E-state index in [-0.39, 0.29) is 18.2 Å². The number of methoxy groups -OCH3 is 4. The zero-order valence-electron chi connectivity index (χ0n) is 16.2. The highest BCUT2D eigenvalue weighted by molar-refractivity contribution is 5.23. The molecule has 0 amide bonds. The van der Waals surface area contributed by atoms with Crippen molar-refractivity contribution < 1.29 is 18.9 Å². The molecular formula is C18H28N4O4. The lowest BCUT2D eigenvalue weighted by Gasteiger charge is -2.29. The van der Waals surface area contributed by atoms with Crippen molar-refractivity contribution in [2.24, 2.45) is 0 Å². The SMILES string of the molecule is COC(OC)[C@H](Nn1c([C@H](C)OC)nnc1[C@H](C)OC)c1ccccc1. The van der Waals surface area contributed by atoms with Crippen molar-refractivity contribution in [1.82, 2.24) is 14.9 Å². The fourth-order valence-corrected chi connectivity index (χ4v) is 2.64. The van der Waals surface area contributed by atoms with Gasteiger partial charge < -0.3 is 24.4 Å². The van der Waals surface area contributed by atoms with Gasteiger partial charge in [-0.3, -0.25) is 0 Å². The molecule has 0 radical (unpaired) electrons. The molecule has 0 aliphatic heterocycles. The lowest BCUT2D eigenvalue weighted by atomic mass is 10.1. The van der Waals surface area contributed by atoms with Gasteiger partial charge in [0.25, 0.3) is 0 Å². The van der Waals surface area contributed by atoms with Crippen LogP contribution in [0.15, 0.2) is 30.3 Å². The van der Waals surface area contributed by atoms with Gasteiger partial charge in [0, 0.05) is 28.4 Å². The molecule has 8 nitrogen and oxygen atoms in total. The Morgan fingerprint density at radius 3 is 1.73 bits per heavy atom. The van der Waals surface area contributed by atoms with Crippen molar-refractivity contribution in [1.29, 1.82) is 0 Å². The number of nitrogens with zero attached hydrogens (tertiary/aromatic N) is 3. The first-order valence-corrected chi connectivity index (χ1v) is 8.45. The van der Waals surface area contributed by atoms with Crippen LogP contribution in [0.3, 0.4) is 0 Å². The smallest absolute Gasteiger partial charge is 0.182 e. The van der Waals surface area contributed by atoms with Gasteiger partial charge in [-0.1, -0.05) is 30.3 Å². The average Bonchev–Trinajstić information content (AvgIpc) is 3.11.